The number of hydrogen-bond donors (Lipinski definition) is 1. The van der Waals surface area contributed by atoms with Crippen LogP contribution in [0.15, 0.2) is 72.9 Å². The number of ether oxygens (including phenoxy) is 1. The molecular formula is C24H19Cl2NO3. The van der Waals surface area contributed by atoms with Gasteiger partial charge in [0.1, 0.15) is 5.75 Å². The molecule has 0 amide bonds. The number of aromatic carboxylic acids is 1. The summed E-state index contributed by atoms with van der Waals surface area (Å²) in [7, 11) is 0. The molecule has 0 radical (unpaired) electrons. The van der Waals surface area contributed by atoms with Gasteiger partial charge in [0.2, 0.25) is 0 Å². The summed E-state index contributed by atoms with van der Waals surface area (Å²) in [4.78, 5) is 10.9. The Morgan fingerprint density at radius 1 is 0.967 bits per heavy atom. The Morgan fingerprint density at radius 3 is 2.47 bits per heavy atom. The van der Waals surface area contributed by atoms with Gasteiger partial charge in [0.05, 0.1) is 12.2 Å². The van der Waals surface area contributed by atoms with E-state index in [1.54, 1.807) is 30.3 Å². The fraction of sp³-hybridized carbons (Fsp3) is 0.125. The van der Waals surface area contributed by atoms with Crippen LogP contribution < -0.4 is 4.74 Å². The van der Waals surface area contributed by atoms with Gasteiger partial charge in [-0.2, -0.15) is 0 Å². The van der Waals surface area contributed by atoms with Crippen molar-refractivity contribution < 1.29 is 14.6 Å². The Bertz CT molecular complexity index is 1200. The Hall–Kier alpha value is -2.95. The summed E-state index contributed by atoms with van der Waals surface area (Å²) >= 11 is 12.4. The van der Waals surface area contributed by atoms with Gasteiger partial charge in [-0.05, 0) is 53.6 Å². The largest absolute Gasteiger partial charge is 0.493 e. The second-order valence-electron chi connectivity index (χ2n) is 6.96. The highest BCUT2D eigenvalue weighted by Crippen LogP contribution is 2.26. The molecular weight excluding hydrogens is 421 g/mol. The standard InChI is InChI=1S/C24H19Cl2NO3/c25-19-8-5-18(22(26)13-19)15-27-14-17(21-3-1-2-4-23(21)27)11-12-30-20-9-6-16(7-10-20)24(28)29/h1-10,13-14H,11-12,15H2,(H,28,29). The highest BCUT2D eigenvalue weighted by atomic mass is 35.5. The molecule has 0 spiro atoms. The van der Waals surface area contributed by atoms with Gasteiger partial charge in [-0.25, -0.2) is 4.79 Å². The molecule has 0 aliphatic carbocycles. The van der Waals surface area contributed by atoms with E-state index in [1.165, 1.54) is 10.9 Å². The van der Waals surface area contributed by atoms with E-state index < -0.39 is 5.97 Å². The maximum absolute atomic E-state index is 10.9. The van der Waals surface area contributed by atoms with Gasteiger partial charge in [-0.1, -0.05) is 47.5 Å². The van der Waals surface area contributed by atoms with E-state index in [-0.39, 0.29) is 5.56 Å². The Kier molecular flexibility index (Phi) is 5.98. The van der Waals surface area contributed by atoms with E-state index in [2.05, 4.69) is 22.9 Å². The summed E-state index contributed by atoms with van der Waals surface area (Å²) in [5.41, 5.74) is 3.55. The average molecular weight is 440 g/mol. The topological polar surface area (TPSA) is 51.5 Å². The van der Waals surface area contributed by atoms with Crippen LogP contribution in [0.2, 0.25) is 10.0 Å². The van der Waals surface area contributed by atoms with Gasteiger partial charge in [-0.15, -0.1) is 0 Å². The number of carboxylic acid groups (broad SMARTS) is 1. The van der Waals surface area contributed by atoms with Gasteiger partial charge in [0, 0.05) is 40.1 Å². The quantitative estimate of drug-likeness (QED) is 0.366. The fourth-order valence-electron chi connectivity index (χ4n) is 3.46. The summed E-state index contributed by atoms with van der Waals surface area (Å²) in [5.74, 6) is -0.299. The van der Waals surface area contributed by atoms with Crippen molar-refractivity contribution in [2.45, 2.75) is 13.0 Å². The lowest BCUT2D eigenvalue weighted by atomic mass is 10.1. The minimum absolute atomic E-state index is 0.242. The second-order valence-corrected chi connectivity index (χ2v) is 7.81. The van der Waals surface area contributed by atoms with E-state index in [0.29, 0.717) is 28.9 Å². The maximum atomic E-state index is 10.9. The first-order valence-electron chi connectivity index (χ1n) is 9.48. The number of benzene rings is 3. The van der Waals surface area contributed by atoms with E-state index in [9.17, 15) is 4.79 Å². The minimum atomic E-state index is -0.949. The Balaban J connectivity index is 1.51. The summed E-state index contributed by atoms with van der Waals surface area (Å²) in [5, 5.41) is 11.4. The molecule has 1 heterocycles. The van der Waals surface area contributed by atoms with Crippen molar-refractivity contribution >= 4 is 40.1 Å². The van der Waals surface area contributed by atoms with Gasteiger partial charge >= 0.3 is 5.97 Å². The molecule has 4 aromatic rings. The third-order valence-corrected chi connectivity index (χ3v) is 5.56. The van der Waals surface area contributed by atoms with Gasteiger partial charge in [0.25, 0.3) is 0 Å². The molecule has 0 aliphatic rings. The first-order valence-corrected chi connectivity index (χ1v) is 10.2. The molecule has 152 valence electrons. The zero-order valence-corrected chi connectivity index (χ0v) is 17.5. The summed E-state index contributed by atoms with van der Waals surface area (Å²) < 4.78 is 8.00. The molecule has 1 aromatic heterocycles. The fourth-order valence-corrected chi connectivity index (χ4v) is 3.93. The van der Waals surface area contributed by atoms with E-state index in [0.717, 1.165) is 17.5 Å². The molecule has 3 aromatic carbocycles. The monoisotopic (exact) mass is 439 g/mol. The van der Waals surface area contributed by atoms with Crippen LogP contribution in [-0.2, 0) is 13.0 Å². The Labute approximate surface area is 184 Å². The van der Waals surface area contributed by atoms with Crippen LogP contribution in [0.4, 0.5) is 0 Å². The number of fused-ring (bicyclic) bond motifs is 1. The molecule has 0 saturated carbocycles. The van der Waals surface area contributed by atoms with Crippen molar-refractivity contribution in [3.8, 4) is 5.75 Å². The molecule has 0 unspecified atom stereocenters. The third kappa shape index (κ3) is 4.45. The zero-order chi connectivity index (χ0) is 21.1. The summed E-state index contributed by atoms with van der Waals surface area (Å²) in [6.45, 7) is 1.14. The molecule has 4 nitrogen and oxygen atoms in total. The van der Waals surface area contributed by atoms with Crippen molar-refractivity contribution in [1.29, 1.82) is 0 Å². The molecule has 6 heteroatoms. The van der Waals surface area contributed by atoms with Crippen molar-refractivity contribution in [1.82, 2.24) is 4.57 Å². The number of nitrogens with zero attached hydrogens (tertiary/aromatic N) is 1. The number of carbonyl (C=O) groups is 1. The van der Waals surface area contributed by atoms with E-state index >= 15 is 0 Å². The van der Waals surface area contributed by atoms with Crippen molar-refractivity contribution in [2.75, 3.05) is 6.61 Å². The number of carboxylic acids is 1. The first-order chi connectivity index (χ1) is 14.5. The summed E-state index contributed by atoms with van der Waals surface area (Å²) in [6.07, 6.45) is 2.86. The number of rotatable bonds is 7. The maximum Gasteiger partial charge on any atom is 0.335 e. The molecule has 0 atom stereocenters. The second kappa shape index (κ2) is 8.82. The molecule has 0 saturated heterocycles. The Morgan fingerprint density at radius 2 is 1.73 bits per heavy atom. The summed E-state index contributed by atoms with van der Waals surface area (Å²) in [6, 6.07) is 20.2. The van der Waals surface area contributed by atoms with Gasteiger partial charge in [0.15, 0.2) is 0 Å². The zero-order valence-electron chi connectivity index (χ0n) is 16.0. The van der Waals surface area contributed by atoms with Crippen molar-refractivity contribution in [2.24, 2.45) is 0 Å². The van der Waals surface area contributed by atoms with Crippen LogP contribution >= 0.6 is 23.2 Å². The lowest BCUT2D eigenvalue weighted by Crippen LogP contribution is -2.02. The van der Waals surface area contributed by atoms with Crippen LogP contribution in [0.25, 0.3) is 10.9 Å². The molecule has 1 N–H and O–H groups in total. The van der Waals surface area contributed by atoms with Gasteiger partial charge < -0.3 is 14.4 Å². The molecule has 4 rings (SSSR count). The normalized spacial score (nSPS) is 11.0. The third-order valence-electron chi connectivity index (χ3n) is 4.97. The average Bonchev–Trinajstić information content (AvgIpc) is 3.08. The van der Waals surface area contributed by atoms with Crippen LogP contribution in [0, 0.1) is 0 Å². The van der Waals surface area contributed by atoms with Crippen LogP contribution in [0.5, 0.6) is 5.75 Å². The predicted molar refractivity (Wildman–Crippen MR) is 120 cm³/mol. The molecule has 0 aliphatic heterocycles. The van der Waals surface area contributed by atoms with Crippen molar-refractivity contribution in [3.63, 3.8) is 0 Å². The van der Waals surface area contributed by atoms with E-state index in [4.69, 9.17) is 33.0 Å². The van der Waals surface area contributed by atoms with E-state index in [1.807, 2.05) is 24.3 Å². The SMILES string of the molecule is O=C(O)c1ccc(OCCc2cn(Cc3ccc(Cl)cc3Cl)c3ccccc23)cc1. The smallest absolute Gasteiger partial charge is 0.335 e. The number of para-hydroxylation sites is 1. The number of halogens is 2. The predicted octanol–water partition coefficient (Wildman–Crippen LogP) is 6.32. The van der Waals surface area contributed by atoms with Crippen LogP contribution in [0.3, 0.4) is 0 Å². The minimum Gasteiger partial charge on any atom is -0.493 e. The lowest BCUT2D eigenvalue weighted by molar-refractivity contribution is 0.0697. The highest BCUT2D eigenvalue weighted by molar-refractivity contribution is 6.35. The molecule has 30 heavy (non-hydrogen) atoms. The number of aromatic nitrogens is 1. The van der Waals surface area contributed by atoms with Crippen LogP contribution in [0.1, 0.15) is 21.5 Å². The number of hydrogen-bond acceptors (Lipinski definition) is 2. The molecule has 0 fully saturated rings. The lowest BCUT2D eigenvalue weighted by Gasteiger charge is -2.08. The highest BCUT2D eigenvalue weighted by Gasteiger charge is 2.11. The van der Waals surface area contributed by atoms with Crippen LogP contribution in [-0.4, -0.2) is 22.2 Å². The molecule has 0 bridgehead atoms. The first kappa shape index (κ1) is 20.3. The van der Waals surface area contributed by atoms with Crippen molar-refractivity contribution in [3.05, 3.63) is 99.7 Å². The van der Waals surface area contributed by atoms with Gasteiger partial charge in [-0.3, -0.25) is 0 Å².